The van der Waals surface area contributed by atoms with Crippen LogP contribution in [0.2, 0.25) is 0 Å². The van der Waals surface area contributed by atoms with Crippen molar-refractivity contribution in [3.05, 3.63) is 41.0 Å². The van der Waals surface area contributed by atoms with Crippen molar-refractivity contribution >= 4 is 33.1 Å². The number of anilines is 2. The zero-order chi connectivity index (χ0) is 26.6. The Morgan fingerprint density at radius 2 is 1.85 bits per heavy atom. The SMILES string of the molecule is COc1c(C)cc2cccnc2c1N1CCCN([C@@H](CCN2CCCC2)c2csc(N3CCOCC3)n2)CC1. The molecule has 39 heavy (non-hydrogen) atoms. The Hall–Kier alpha value is -2.46. The number of aromatic nitrogens is 2. The third-order valence-electron chi connectivity index (χ3n) is 8.55. The molecule has 0 radical (unpaired) electrons. The van der Waals surface area contributed by atoms with Gasteiger partial charge in [-0.3, -0.25) is 9.88 Å². The zero-order valence-electron chi connectivity index (χ0n) is 23.5. The van der Waals surface area contributed by atoms with E-state index in [9.17, 15) is 0 Å². The fourth-order valence-corrected chi connectivity index (χ4v) is 7.43. The van der Waals surface area contributed by atoms with Gasteiger partial charge in [0.2, 0.25) is 0 Å². The number of pyridine rings is 1. The van der Waals surface area contributed by atoms with E-state index in [2.05, 4.69) is 44.0 Å². The first-order valence-electron chi connectivity index (χ1n) is 14.6. The Morgan fingerprint density at radius 1 is 1.00 bits per heavy atom. The molecule has 9 heteroatoms. The first-order valence-corrected chi connectivity index (χ1v) is 15.5. The fraction of sp³-hybridized carbons (Fsp3) is 0.600. The molecule has 8 nitrogen and oxygen atoms in total. The number of aryl methyl sites for hydroxylation is 1. The van der Waals surface area contributed by atoms with Crippen LogP contribution < -0.4 is 14.5 Å². The summed E-state index contributed by atoms with van der Waals surface area (Å²) in [5.74, 6) is 0.954. The Kier molecular flexibility index (Phi) is 8.49. The summed E-state index contributed by atoms with van der Waals surface area (Å²) in [5.41, 5.74) is 4.59. The van der Waals surface area contributed by atoms with Crippen LogP contribution in [0, 0.1) is 6.92 Å². The van der Waals surface area contributed by atoms with Crippen molar-refractivity contribution in [2.24, 2.45) is 0 Å². The van der Waals surface area contributed by atoms with E-state index in [-0.39, 0.29) is 0 Å². The number of morpholine rings is 1. The number of fused-ring (bicyclic) bond motifs is 1. The summed E-state index contributed by atoms with van der Waals surface area (Å²) < 4.78 is 11.5. The van der Waals surface area contributed by atoms with Crippen molar-refractivity contribution < 1.29 is 9.47 Å². The highest BCUT2D eigenvalue weighted by molar-refractivity contribution is 7.13. The van der Waals surface area contributed by atoms with Crippen LogP contribution in [0.4, 0.5) is 10.8 Å². The first kappa shape index (κ1) is 26.7. The molecule has 0 N–H and O–H groups in total. The lowest BCUT2D eigenvalue weighted by atomic mass is 10.1. The maximum Gasteiger partial charge on any atom is 0.185 e. The Labute approximate surface area is 236 Å². The third kappa shape index (κ3) is 5.87. The number of rotatable bonds is 8. The molecule has 210 valence electrons. The van der Waals surface area contributed by atoms with Crippen LogP contribution in [0.25, 0.3) is 10.9 Å². The highest BCUT2D eigenvalue weighted by Crippen LogP contribution is 2.39. The van der Waals surface area contributed by atoms with Gasteiger partial charge >= 0.3 is 0 Å². The Balaban J connectivity index is 1.24. The van der Waals surface area contributed by atoms with Gasteiger partial charge in [-0.2, -0.15) is 0 Å². The number of hydrogen-bond donors (Lipinski definition) is 0. The summed E-state index contributed by atoms with van der Waals surface area (Å²) in [6.07, 6.45) is 6.80. The molecule has 1 aromatic carbocycles. The molecule has 0 aliphatic carbocycles. The van der Waals surface area contributed by atoms with Gasteiger partial charge in [0.15, 0.2) is 5.13 Å². The van der Waals surface area contributed by atoms with Gasteiger partial charge in [0.25, 0.3) is 0 Å². The van der Waals surface area contributed by atoms with E-state index in [4.69, 9.17) is 19.4 Å². The van der Waals surface area contributed by atoms with Gasteiger partial charge in [-0.15, -0.1) is 11.3 Å². The van der Waals surface area contributed by atoms with Crippen LogP contribution in [0.3, 0.4) is 0 Å². The number of likely N-dealkylation sites (tertiary alicyclic amines) is 1. The maximum absolute atomic E-state index is 5.95. The van der Waals surface area contributed by atoms with Crippen molar-refractivity contribution in [2.75, 3.05) is 89.0 Å². The van der Waals surface area contributed by atoms with E-state index in [1.54, 1.807) is 18.4 Å². The van der Waals surface area contributed by atoms with Crippen molar-refractivity contribution in [1.29, 1.82) is 0 Å². The Morgan fingerprint density at radius 3 is 2.67 bits per heavy atom. The number of hydrogen-bond acceptors (Lipinski definition) is 9. The predicted molar refractivity (Wildman–Crippen MR) is 160 cm³/mol. The Bertz CT molecular complexity index is 1240. The normalized spacial score (nSPS) is 20.5. The molecule has 0 amide bonds. The molecule has 0 bridgehead atoms. The minimum atomic E-state index is 0.339. The average molecular weight is 551 g/mol. The summed E-state index contributed by atoms with van der Waals surface area (Å²) in [4.78, 5) is 20.3. The van der Waals surface area contributed by atoms with Crippen LogP contribution in [-0.4, -0.2) is 99.0 Å². The van der Waals surface area contributed by atoms with E-state index in [1.165, 1.54) is 37.0 Å². The summed E-state index contributed by atoms with van der Waals surface area (Å²) >= 11 is 1.80. The van der Waals surface area contributed by atoms with Crippen molar-refractivity contribution in [2.45, 2.75) is 38.6 Å². The first-order chi connectivity index (χ1) is 19.2. The molecule has 3 aromatic rings. The van der Waals surface area contributed by atoms with E-state index < -0.39 is 0 Å². The van der Waals surface area contributed by atoms with Gasteiger partial charge in [0.05, 0.1) is 37.6 Å². The molecular weight excluding hydrogens is 508 g/mol. The predicted octanol–water partition coefficient (Wildman–Crippen LogP) is 4.58. The minimum absolute atomic E-state index is 0.339. The molecule has 1 atom stereocenters. The number of thiazole rings is 1. The molecule has 0 spiro atoms. The van der Waals surface area contributed by atoms with Crippen LogP contribution in [0.5, 0.6) is 5.75 Å². The van der Waals surface area contributed by atoms with E-state index in [1.807, 2.05) is 12.3 Å². The standard InChI is InChI=1S/C30H42N6O2S/c1-23-21-24-7-5-9-31-27(24)28(29(23)37-2)35-13-6-12-34(15-16-35)26(8-14-33-10-3-4-11-33)25-22-39-30(32-25)36-17-19-38-20-18-36/h5,7,9,21-22,26H,3-4,6,8,10-20H2,1-2H3/t26-/m0/s1. The molecule has 0 saturated carbocycles. The highest BCUT2D eigenvalue weighted by atomic mass is 32.1. The lowest BCUT2D eigenvalue weighted by Gasteiger charge is -2.32. The van der Waals surface area contributed by atoms with Gasteiger partial charge in [-0.25, -0.2) is 4.98 Å². The van der Waals surface area contributed by atoms with Crippen LogP contribution in [0.1, 0.15) is 43.0 Å². The topological polar surface area (TPSA) is 57.2 Å². The zero-order valence-corrected chi connectivity index (χ0v) is 24.3. The molecule has 3 fully saturated rings. The minimum Gasteiger partial charge on any atom is -0.494 e. The lowest BCUT2D eigenvalue weighted by molar-refractivity contribution is 0.122. The second-order valence-corrected chi connectivity index (χ2v) is 11.9. The second-order valence-electron chi connectivity index (χ2n) is 11.0. The van der Waals surface area contributed by atoms with Crippen molar-refractivity contribution in [3.8, 4) is 5.75 Å². The van der Waals surface area contributed by atoms with Gasteiger partial charge in [-0.1, -0.05) is 6.07 Å². The van der Waals surface area contributed by atoms with Gasteiger partial charge in [0, 0.05) is 62.8 Å². The quantitative estimate of drug-likeness (QED) is 0.404. The van der Waals surface area contributed by atoms with Crippen LogP contribution in [-0.2, 0) is 4.74 Å². The van der Waals surface area contributed by atoms with Gasteiger partial charge in [0.1, 0.15) is 11.4 Å². The van der Waals surface area contributed by atoms with Crippen molar-refractivity contribution in [3.63, 3.8) is 0 Å². The smallest absolute Gasteiger partial charge is 0.185 e. The maximum atomic E-state index is 5.95. The highest BCUT2D eigenvalue weighted by Gasteiger charge is 2.29. The summed E-state index contributed by atoms with van der Waals surface area (Å²) in [7, 11) is 1.79. The summed E-state index contributed by atoms with van der Waals surface area (Å²) in [5, 5.41) is 4.65. The van der Waals surface area contributed by atoms with Gasteiger partial charge < -0.3 is 24.2 Å². The van der Waals surface area contributed by atoms with E-state index in [0.717, 1.165) is 99.5 Å². The number of methoxy groups -OCH3 is 1. The molecule has 3 aliphatic heterocycles. The third-order valence-corrected chi connectivity index (χ3v) is 9.47. The monoisotopic (exact) mass is 550 g/mol. The molecule has 3 aliphatic rings. The van der Waals surface area contributed by atoms with E-state index >= 15 is 0 Å². The van der Waals surface area contributed by atoms with Crippen LogP contribution in [0.15, 0.2) is 29.8 Å². The summed E-state index contributed by atoms with van der Waals surface area (Å²) in [6.45, 7) is 13.2. The molecule has 5 heterocycles. The molecule has 0 unspecified atom stereocenters. The number of ether oxygens (including phenoxy) is 2. The molecule has 2 aromatic heterocycles. The van der Waals surface area contributed by atoms with E-state index in [0.29, 0.717) is 6.04 Å². The molecule has 6 rings (SSSR count). The second kappa shape index (κ2) is 12.4. The average Bonchev–Trinajstić information content (AvgIpc) is 3.62. The largest absolute Gasteiger partial charge is 0.494 e. The van der Waals surface area contributed by atoms with Crippen LogP contribution >= 0.6 is 11.3 Å². The van der Waals surface area contributed by atoms with Gasteiger partial charge in [-0.05, 0) is 63.4 Å². The molecular formula is C30H42N6O2S. The lowest BCUT2D eigenvalue weighted by Crippen LogP contribution is -2.37. The molecule has 3 saturated heterocycles. The van der Waals surface area contributed by atoms with Crippen molar-refractivity contribution in [1.82, 2.24) is 19.8 Å². The number of nitrogens with zero attached hydrogens (tertiary/aromatic N) is 6. The number of benzene rings is 1. The summed E-state index contributed by atoms with van der Waals surface area (Å²) in [6, 6.07) is 6.71. The fourth-order valence-electron chi connectivity index (χ4n) is 6.51.